The number of aliphatic carboxylic acids is 2. The standard InChI is InChI=1S/C31H31N7O5S.C2HF3O2/c1-20-15-24(22-7-4-3-5-8-22)16-21(2)28(20)44(42,43)38-31(29(40)41,35-19-39)26(9-6-12-32-30-33-13-14-34-30)23-10-11-27-25(17-23)18-36-37-27;3-2(4,5)1(6)7/h3-5,7-8,10-11,13-18,26,38H,6,9,12H2,1-2H3,(H,36,37)(H,40,41)(H2,32,33,34);(H,6,7)/t26?,31-;/m0./s1. The molecule has 0 aliphatic heterocycles. The van der Waals surface area contributed by atoms with E-state index >= 15 is 0 Å². The van der Waals surface area contributed by atoms with Crippen LogP contribution >= 0.6 is 0 Å². The van der Waals surface area contributed by atoms with E-state index in [1.165, 1.54) is 6.08 Å². The van der Waals surface area contributed by atoms with Crippen LogP contribution in [0, 0.1) is 13.8 Å². The molecule has 0 saturated carbocycles. The van der Waals surface area contributed by atoms with Crippen LogP contribution in [-0.4, -0.2) is 75.2 Å². The minimum atomic E-state index is -5.08. The smallest absolute Gasteiger partial charge is 0.478 e. The number of benzene rings is 3. The SMILES string of the molecule is Cc1cc(-c2ccccc2)cc(C)c1S(=O)(=O)N[C@](N=C=O)(C(=O)O)C(CCCNc1ncc[nH]1)c1ccc2[nH]ncc2c1.O=C(O)C(F)(F)F. The molecule has 0 saturated heterocycles. The number of hydrogen-bond donors (Lipinski definition) is 6. The molecule has 2 heterocycles. The number of carboxylic acid groups (broad SMARTS) is 2. The maximum absolute atomic E-state index is 14.1. The Morgan fingerprint density at radius 3 is 2.24 bits per heavy atom. The van der Waals surface area contributed by atoms with E-state index in [1.54, 1.807) is 62.8 Å². The summed E-state index contributed by atoms with van der Waals surface area (Å²) in [4.78, 5) is 44.5. The van der Waals surface area contributed by atoms with Crippen LogP contribution < -0.4 is 10.0 Å². The summed E-state index contributed by atoms with van der Waals surface area (Å²) in [6, 6.07) is 18.0. The maximum Gasteiger partial charge on any atom is 0.490 e. The number of aromatic nitrogens is 4. The number of carboxylic acids is 2. The fourth-order valence-electron chi connectivity index (χ4n) is 5.58. The summed E-state index contributed by atoms with van der Waals surface area (Å²) < 4.78 is 62.3. The minimum absolute atomic E-state index is 0.0903. The molecule has 0 fully saturated rings. The molecule has 14 nitrogen and oxygen atoms in total. The number of H-pyrrole nitrogens is 2. The van der Waals surface area contributed by atoms with Crippen molar-refractivity contribution in [3.8, 4) is 11.1 Å². The van der Waals surface area contributed by atoms with E-state index in [-0.39, 0.29) is 11.3 Å². The molecule has 0 amide bonds. The first-order chi connectivity index (χ1) is 24.1. The number of nitrogens with one attached hydrogen (secondary N) is 4. The van der Waals surface area contributed by atoms with Crippen molar-refractivity contribution in [3.05, 3.63) is 95.9 Å². The Hall–Kier alpha value is -5.84. The van der Waals surface area contributed by atoms with Gasteiger partial charge in [-0.15, -0.1) is 0 Å². The van der Waals surface area contributed by atoms with E-state index in [4.69, 9.17) is 9.90 Å². The van der Waals surface area contributed by atoms with Crippen LogP contribution in [0.1, 0.15) is 35.4 Å². The van der Waals surface area contributed by atoms with E-state index < -0.39 is 39.7 Å². The van der Waals surface area contributed by atoms with Gasteiger partial charge in [-0.05, 0) is 66.6 Å². The lowest BCUT2D eigenvalue weighted by molar-refractivity contribution is -0.192. The van der Waals surface area contributed by atoms with Crippen molar-refractivity contribution >= 4 is 44.9 Å². The fourth-order valence-corrected chi connectivity index (χ4v) is 7.33. The molecule has 0 radical (unpaired) electrons. The number of hydrogen-bond acceptors (Lipinski definition) is 9. The summed E-state index contributed by atoms with van der Waals surface area (Å²) in [6.07, 6.45) is 1.58. The number of aromatic amines is 2. The van der Waals surface area contributed by atoms with Gasteiger partial charge in [0.05, 0.1) is 16.6 Å². The Balaban J connectivity index is 0.000000755. The second-order valence-electron chi connectivity index (χ2n) is 11.3. The molecule has 1 unspecified atom stereocenters. The maximum atomic E-state index is 14.1. The zero-order chi connectivity index (χ0) is 37.4. The number of fused-ring (bicyclic) bond motifs is 1. The quantitative estimate of drug-likeness (QED) is 0.0524. The molecule has 18 heteroatoms. The summed E-state index contributed by atoms with van der Waals surface area (Å²) in [5, 5.41) is 28.4. The number of alkyl halides is 3. The zero-order valence-corrected chi connectivity index (χ0v) is 27.8. The van der Waals surface area contributed by atoms with Gasteiger partial charge in [-0.25, -0.2) is 27.8 Å². The summed E-state index contributed by atoms with van der Waals surface area (Å²) in [5.74, 6) is -4.98. The fraction of sp³-hybridized carbons (Fsp3) is 0.242. The van der Waals surface area contributed by atoms with Crippen molar-refractivity contribution in [1.82, 2.24) is 24.9 Å². The Morgan fingerprint density at radius 1 is 1.00 bits per heavy atom. The number of aliphatic imine (C=N–C) groups is 1. The highest BCUT2D eigenvalue weighted by Gasteiger charge is 2.51. The first-order valence-electron chi connectivity index (χ1n) is 15.1. The number of halogens is 3. The second kappa shape index (κ2) is 15.8. The van der Waals surface area contributed by atoms with Gasteiger partial charge in [0, 0.05) is 30.2 Å². The van der Waals surface area contributed by atoms with Crippen LogP contribution in [-0.2, 0) is 24.4 Å². The lowest BCUT2D eigenvalue weighted by atomic mass is 9.82. The van der Waals surface area contributed by atoms with Crippen LogP contribution in [0.5, 0.6) is 0 Å². The molecule has 0 bridgehead atoms. The molecule has 3 aromatic carbocycles. The Morgan fingerprint density at radius 2 is 1.67 bits per heavy atom. The number of isocyanates is 1. The number of nitrogens with zero attached hydrogens (tertiary/aromatic N) is 3. The van der Waals surface area contributed by atoms with Gasteiger partial charge in [0.1, 0.15) is 0 Å². The monoisotopic (exact) mass is 727 g/mol. The predicted octanol–water partition coefficient (Wildman–Crippen LogP) is 5.27. The van der Waals surface area contributed by atoms with Crippen LogP contribution in [0.25, 0.3) is 22.0 Å². The van der Waals surface area contributed by atoms with Crippen molar-refractivity contribution in [1.29, 1.82) is 0 Å². The van der Waals surface area contributed by atoms with E-state index in [9.17, 15) is 36.3 Å². The van der Waals surface area contributed by atoms with E-state index in [0.717, 1.165) is 11.1 Å². The van der Waals surface area contributed by atoms with Gasteiger partial charge in [-0.1, -0.05) is 48.5 Å². The highest BCUT2D eigenvalue weighted by molar-refractivity contribution is 7.89. The molecule has 0 spiro atoms. The van der Waals surface area contributed by atoms with Crippen molar-refractivity contribution < 1.29 is 46.2 Å². The summed E-state index contributed by atoms with van der Waals surface area (Å²) in [5.41, 5.74) is 1.07. The zero-order valence-electron chi connectivity index (χ0n) is 27.0. The largest absolute Gasteiger partial charge is 0.490 e. The minimum Gasteiger partial charge on any atom is -0.478 e. The van der Waals surface area contributed by atoms with E-state index in [0.29, 0.717) is 46.5 Å². The number of carbonyl (C=O) groups excluding carboxylic acids is 1. The number of anilines is 1. The Labute approximate surface area is 288 Å². The van der Waals surface area contributed by atoms with Crippen LogP contribution in [0.4, 0.5) is 19.1 Å². The van der Waals surface area contributed by atoms with Gasteiger partial charge in [0.15, 0.2) is 5.95 Å². The summed E-state index contributed by atoms with van der Waals surface area (Å²) >= 11 is 0. The van der Waals surface area contributed by atoms with Crippen LogP contribution in [0.3, 0.4) is 0 Å². The number of imidazole rings is 1. The first kappa shape index (κ1) is 38.0. The normalized spacial score (nSPS) is 13.3. The highest BCUT2D eigenvalue weighted by Crippen LogP contribution is 2.38. The third-order valence-electron chi connectivity index (χ3n) is 7.75. The molecule has 268 valence electrons. The van der Waals surface area contributed by atoms with Gasteiger partial charge >= 0.3 is 18.1 Å². The molecule has 2 atom stereocenters. The molecular weight excluding hydrogens is 695 g/mol. The van der Waals surface area contributed by atoms with Gasteiger partial charge in [-0.2, -0.15) is 28.0 Å². The van der Waals surface area contributed by atoms with Gasteiger partial charge < -0.3 is 20.5 Å². The number of sulfonamides is 1. The number of carbonyl (C=O) groups is 2. The third-order valence-corrected chi connectivity index (χ3v) is 9.51. The second-order valence-corrected chi connectivity index (χ2v) is 12.9. The Bertz CT molecular complexity index is 2120. The molecule has 0 aliphatic carbocycles. The molecule has 2 aromatic heterocycles. The summed E-state index contributed by atoms with van der Waals surface area (Å²) in [7, 11) is -4.55. The number of aryl methyl sites for hydroxylation is 2. The average Bonchev–Trinajstić information content (AvgIpc) is 3.76. The Kier molecular flexibility index (Phi) is 11.8. The molecule has 51 heavy (non-hydrogen) atoms. The van der Waals surface area contributed by atoms with Crippen molar-refractivity contribution in [3.63, 3.8) is 0 Å². The topological polar surface area (TPSA) is 220 Å². The molecule has 5 aromatic rings. The summed E-state index contributed by atoms with van der Waals surface area (Å²) in [6.45, 7) is 3.67. The lowest BCUT2D eigenvalue weighted by Crippen LogP contribution is -2.57. The molecule has 0 aliphatic rings. The molecule has 5 rings (SSSR count). The number of rotatable bonds is 13. The third kappa shape index (κ3) is 9.04. The van der Waals surface area contributed by atoms with Crippen LogP contribution in [0.2, 0.25) is 0 Å². The van der Waals surface area contributed by atoms with Crippen molar-refractivity contribution in [2.75, 3.05) is 11.9 Å². The van der Waals surface area contributed by atoms with Crippen molar-refractivity contribution in [2.24, 2.45) is 4.99 Å². The van der Waals surface area contributed by atoms with Crippen molar-refractivity contribution in [2.45, 2.75) is 49.3 Å². The van der Waals surface area contributed by atoms with Gasteiger partial charge in [0.2, 0.25) is 21.8 Å². The highest BCUT2D eigenvalue weighted by atomic mass is 32.2. The van der Waals surface area contributed by atoms with Crippen LogP contribution in [0.15, 0.2) is 89.1 Å². The van der Waals surface area contributed by atoms with Gasteiger partial charge in [-0.3, -0.25) is 5.10 Å². The van der Waals surface area contributed by atoms with Gasteiger partial charge in [0.25, 0.3) is 0 Å². The lowest BCUT2D eigenvalue weighted by Gasteiger charge is -2.34. The first-order valence-corrected chi connectivity index (χ1v) is 16.6. The van der Waals surface area contributed by atoms with E-state index in [1.807, 2.05) is 30.3 Å². The predicted molar refractivity (Wildman–Crippen MR) is 179 cm³/mol. The molecule has 6 N–H and O–H groups in total. The average molecular weight is 728 g/mol. The molecular formula is C33H32F3N7O7S. The van der Waals surface area contributed by atoms with E-state index in [2.05, 4.69) is 35.2 Å².